The molecule has 3 aromatic rings. The number of methoxy groups -OCH3 is 1. The summed E-state index contributed by atoms with van der Waals surface area (Å²) in [6, 6.07) is 24.0. The Balaban J connectivity index is 1.62. The minimum Gasteiger partial charge on any atom is -0.497 e. The van der Waals surface area contributed by atoms with Gasteiger partial charge in [0.15, 0.2) is 0 Å². The predicted molar refractivity (Wildman–Crippen MR) is 132 cm³/mol. The number of carbonyl (C=O) groups is 2. The first kappa shape index (κ1) is 23.5. The number of ether oxygens (including phenoxy) is 1. The number of aryl methyl sites for hydroxylation is 1. The second-order valence-electron chi connectivity index (χ2n) is 8.63. The quantitative estimate of drug-likeness (QED) is 0.552. The van der Waals surface area contributed by atoms with E-state index in [2.05, 4.69) is 5.32 Å². The minimum absolute atomic E-state index is 0.0157. The largest absolute Gasteiger partial charge is 0.497 e. The van der Waals surface area contributed by atoms with Gasteiger partial charge in [0, 0.05) is 18.7 Å². The molecule has 3 unspecified atom stereocenters. The van der Waals surface area contributed by atoms with Crippen LogP contribution in [-0.4, -0.2) is 30.6 Å². The van der Waals surface area contributed by atoms with Crippen LogP contribution in [0.4, 0.5) is 5.69 Å². The topological polar surface area (TPSA) is 78.9 Å². The fraction of sp³-hybridized carbons (Fsp3) is 0.286. The van der Waals surface area contributed by atoms with E-state index in [0.29, 0.717) is 12.2 Å². The molecule has 0 aliphatic carbocycles. The first-order valence-electron chi connectivity index (χ1n) is 11.5. The monoisotopic (exact) mass is 458 g/mol. The lowest BCUT2D eigenvalue weighted by Crippen LogP contribution is -2.48. The Bertz CT molecular complexity index is 1110. The molecule has 0 aromatic heterocycles. The van der Waals surface area contributed by atoms with Gasteiger partial charge >= 0.3 is 0 Å². The Morgan fingerprint density at radius 3 is 2.38 bits per heavy atom. The lowest BCUT2D eigenvalue weighted by atomic mass is 9.83. The molecule has 1 fully saturated rings. The molecule has 0 spiro atoms. The zero-order chi connectivity index (χ0) is 24.1. The molecule has 1 aliphatic heterocycles. The molecule has 1 heterocycles. The van der Waals surface area contributed by atoms with Crippen molar-refractivity contribution in [1.29, 1.82) is 0 Å². The number of benzene rings is 3. The van der Waals surface area contributed by atoms with Gasteiger partial charge < -0.3 is 20.1 Å². The molecule has 3 atom stereocenters. The van der Waals surface area contributed by atoms with Crippen LogP contribution in [0.3, 0.4) is 0 Å². The van der Waals surface area contributed by atoms with Crippen molar-refractivity contribution in [1.82, 2.24) is 5.32 Å². The number of amides is 2. The Labute approximate surface area is 200 Å². The second kappa shape index (κ2) is 10.5. The van der Waals surface area contributed by atoms with E-state index in [1.807, 2.05) is 85.8 Å². The van der Waals surface area contributed by atoms with Gasteiger partial charge in [-0.2, -0.15) is 0 Å². The van der Waals surface area contributed by atoms with Crippen LogP contribution in [0.1, 0.15) is 41.7 Å². The highest BCUT2D eigenvalue weighted by molar-refractivity contribution is 5.97. The van der Waals surface area contributed by atoms with Crippen LogP contribution < -0.4 is 15.0 Å². The summed E-state index contributed by atoms with van der Waals surface area (Å²) < 4.78 is 5.30. The highest BCUT2D eigenvalue weighted by atomic mass is 16.5. The smallest absolute Gasteiger partial charge is 0.227 e. The number of aliphatic hydroxyl groups is 1. The lowest BCUT2D eigenvalue weighted by Gasteiger charge is -2.41. The van der Waals surface area contributed by atoms with Crippen molar-refractivity contribution < 1.29 is 19.4 Å². The molecule has 4 rings (SSSR count). The maximum atomic E-state index is 13.4. The maximum Gasteiger partial charge on any atom is 0.227 e. The molecule has 0 bridgehead atoms. The fourth-order valence-corrected chi connectivity index (χ4v) is 4.48. The normalized spacial score (nSPS) is 18.9. The summed E-state index contributed by atoms with van der Waals surface area (Å²) in [5.41, 5.74) is 3.46. The van der Waals surface area contributed by atoms with Crippen LogP contribution >= 0.6 is 0 Å². The number of rotatable bonds is 7. The minimum atomic E-state index is -0.803. The Hall–Kier alpha value is -3.64. The summed E-state index contributed by atoms with van der Waals surface area (Å²) in [4.78, 5) is 28.3. The number of hydrogen-bond acceptors (Lipinski definition) is 4. The van der Waals surface area contributed by atoms with Crippen molar-refractivity contribution in [2.75, 3.05) is 18.6 Å². The van der Waals surface area contributed by atoms with Crippen LogP contribution in [0.15, 0.2) is 78.9 Å². The summed E-state index contributed by atoms with van der Waals surface area (Å²) in [5.74, 6) is 0.0496. The molecule has 1 aliphatic rings. The maximum absolute atomic E-state index is 13.4. The standard InChI is InChI=1S/C28H30N2O4/c1-19-8-12-22(13-9-19)30-26(32)17-16-24(27(30)21-10-14-23(34-2)15-11-21)28(33)29-18-25(31)20-6-4-3-5-7-20/h3-15,24-25,27,31H,16-18H2,1-2H3,(H,29,33). The highest BCUT2D eigenvalue weighted by Crippen LogP contribution is 2.40. The average molecular weight is 459 g/mol. The van der Waals surface area contributed by atoms with Gasteiger partial charge in [0.05, 0.1) is 25.2 Å². The highest BCUT2D eigenvalue weighted by Gasteiger charge is 2.41. The number of aliphatic hydroxyl groups excluding tert-OH is 1. The number of nitrogens with zero attached hydrogens (tertiary/aromatic N) is 1. The van der Waals surface area contributed by atoms with Crippen LogP contribution in [0.5, 0.6) is 5.75 Å². The van der Waals surface area contributed by atoms with E-state index in [0.717, 1.165) is 22.4 Å². The van der Waals surface area contributed by atoms with E-state index < -0.39 is 18.1 Å². The fourth-order valence-electron chi connectivity index (χ4n) is 4.48. The summed E-state index contributed by atoms with van der Waals surface area (Å²) in [7, 11) is 1.60. The summed E-state index contributed by atoms with van der Waals surface area (Å²) >= 11 is 0. The first-order valence-corrected chi connectivity index (χ1v) is 11.5. The van der Waals surface area contributed by atoms with Gasteiger partial charge in [-0.25, -0.2) is 0 Å². The number of carbonyl (C=O) groups excluding carboxylic acids is 2. The lowest BCUT2D eigenvalue weighted by molar-refractivity contribution is -0.129. The second-order valence-corrected chi connectivity index (χ2v) is 8.63. The van der Waals surface area contributed by atoms with E-state index in [1.54, 1.807) is 12.0 Å². The van der Waals surface area contributed by atoms with Gasteiger partial charge in [-0.1, -0.05) is 60.2 Å². The van der Waals surface area contributed by atoms with E-state index in [4.69, 9.17) is 4.74 Å². The molecule has 34 heavy (non-hydrogen) atoms. The van der Waals surface area contributed by atoms with Gasteiger partial charge in [0.2, 0.25) is 11.8 Å². The van der Waals surface area contributed by atoms with Crippen LogP contribution in [-0.2, 0) is 9.59 Å². The van der Waals surface area contributed by atoms with Gasteiger partial charge in [-0.15, -0.1) is 0 Å². The van der Waals surface area contributed by atoms with E-state index in [-0.39, 0.29) is 24.8 Å². The SMILES string of the molecule is COc1ccc(C2C(C(=O)NCC(O)c3ccccc3)CCC(=O)N2c2ccc(C)cc2)cc1. The molecular formula is C28H30N2O4. The first-order chi connectivity index (χ1) is 16.5. The van der Waals surface area contributed by atoms with Crippen molar-refractivity contribution in [2.24, 2.45) is 5.92 Å². The molecule has 0 radical (unpaired) electrons. The molecule has 3 aromatic carbocycles. The number of nitrogens with one attached hydrogen (secondary N) is 1. The number of piperidine rings is 1. The van der Waals surface area contributed by atoms with Crippen LogP contribution in [0.25, 0.3) is 0 Å². The molecular weight excluding hydrogens is 428 g/mol. The van der Waals surface area contributed by atoms with Crippen LogP contribution in [0.2, 0.25) is 0 Å². The zero-order valence-electron chi connectivity index (χ0n) is 19.5. The third-order valence-electron chi connectivity index (χ3n) is 6.36. The molecule has 0 saturated carbocycles. The molecule has 6 nitrogen and oxygen atoms in total. The van der Waals surface area contributed by atoms with Gasteiger partial charge in [-0.05, 0) is 48.7 Å². The van der Waals surface area contributed by atoms with Crippen molar-refractivity contribution in [3.05, 3.63) is 95.6 Å². The van der Waals surface area contributed by atoms with E-state index in [1.165, 1.54) is 0 Å². The van der Waals surface area contributed by atoms with E-state index >= 15 is 0 Å². The number of hydrogen-bond donors (Lipinski definition) is 2. The van der Waals surface area contributed by atoms with Crippen molar-refractivity contribution >= 4 is 17.5 Å². The van der Waals surface area contributed by atoms with Crippen molar-refractivity contribution in [2.45, 2.75) is 31.9 Å². The van der Waals surface area contributed by atoms with Crippen molar-refractivity contribution in [3.8, 4) is 5.75 Å². The molecule has 2 N–H and O–H groups in total. The Kier molecular flexibility index (Phi) is 7.28. The summed E-state index contributed by atoms with van der Waals surface area (Å²) in [6.45, 7) is 2.10. The average Bonchev–Trinajstić information content (AvgIpc) is 2.88. The predicted octanol–water partition coefficient (Wildman–Crippen LogP) is 4.34. The number of anilines is 1. The zero-order valence-corrected chi connectivity index (χ0v) is 19.5. The molecule has 1 saturated heterocycles. The summed E-state index contributed by atoms with van der Waals surface area (Å²) in [5, 5.41) is 13.4. The third-order valence-corrected chi connectivity index (χ3v) is 6.36. The molecule has 6 heteroatoms. The van der Waals surface area contributed by atoms with Gasteiger partial charge in [0.25, 0.3) is 0 Å². The third kappa shape index (κ3) is 5.13. The molecule has 2 amide bonds. The Morgan fingerprint density at radius 1 is 1.06 bits per heavy atom. The van der Waals surface area contributed by atoms with Crippen LogP contribution in [0, 0.1) is 12.8 Å². The van der Waals surface area contributed by atoms with E-state index in [9.17, 15) is 14.7 Å². The Morgan fingerprint density at radius 2 is 1.74 bits per heavy atom. The van der Waals surface area contributed by atoms with Gasteiger partial charge in [-0.3, -0.25) is 9.59 Å². The van der Waals surface area contributed by atoms with Gasteiger partial charge in [0.1, 0.15) is 5.75 Å². The summed E-state index contributed by atoms with van der Waals surface area (Å²) in [6.07, 6.45) is -0.0895. The van der Waals surface area contributed by atoms with Crippen molar-refractivity contribution in [3.63, 3.8) is 0 Å². The molecule has 176 valence electrons.